The Hall–Kier alpha value is -4.89. The van der Waals surface area contributed by atoms with Crippen LogP contribution in [-0.4, -0.2) is 40.3 Å². The molecule has 0 spiro atoms. The van der Waals surface area contributed by atoms with Gasteiger partial charge in [-0.1, -0.05) is 73.2 Å². The van der Waals surface area contributed by atoms with Crippen LogP contribution in [0.15, 0.2) is 91.3 Å². The van der Waals surface area contributed by atoms with E-state index in [1.165, 1.54) is 10.9 Å². The number of hydrogen-bond donors (Lipinski definition) is 5. The molecule has 0 bridgehead atoms. The first-order valence-corrected chi connectivity index (χ1v) is 15.7. The molecule has 0 aliphatic carbocycles. The maximum atomic E-state index is 13.3. The first kappa shape index (κ1) is 31.5. The van der Waals surface area contributed by atoms with Gasteiger partial charge in [0.25, 0.3) is 0 Å². The van der Waals surface area contributed by atoms with Crippen LogP contribution in [0.25, 0.3) is 21.8 Å². The predicted molar refractivity (Wildman–Crippen MR) is 176 cm³/mol. The minimum Gasteiger partial charge on any atom is -0.361 e. The van der Waals surface area contributed by atoms with Crippen molar-refractivity contribution in [2.45, 2.75) is 64.0 Å². The maximum Gasteiger partial charge on any atom is 0.243 e. The third-order valence-corrected chi connectivity index (χ3v) is 7.92. The molecule has 9 nitrogen and oxygen atoms in total. The summed E-state index contributed by atoms with van der Waals surface area (Å²) in [6.07, 6.45) is 8.60. The Balaban J connectivity index is 1.06. The van der Waals surface area contributed by atoms with E-state index in [2.05, 4.69) is 32.1 Å². The highest BCUT2D eigenvalue weighted by Crippen LogP contribution is 2.21. The van der Waals surface area contributed by atoms with E-state index in [0.717, 1.165) is 46.8 Å². The number of fused-ring (bicyclic) bond motifs is 2. The molecule has 1 unspecified atom stereocenters. The number of unbranched alkanes of at least 4 members (excludes halogenated alkanes) is 2. The van der Waals surface area contributed by atoms with Crippen molar-refractivity contribution in [1.29, 1.82) is 0 Å². The van der Waals surface area contributed by atoms with Gasteiger partial charge >= 0.3 is 0 Å². The van der Waals surface area contributed by atoms with Crippen molar-refractivity contribution in [3.8, 4) is 0 Å². The fourth-order valence-electron chi connectivity index (χ4n) is 5.52. The van der Waals surface area contributed by atoms with Crippen LogP contribution in [0.2, 0.25) is 0 Å². The van der Waals surface area contributed by atoms with Gasteiger partial charge in [-0.2, -0.15) is 0 Å². The molecule has 0 saturated carbocycles. The number of carbonyl (C=O) groups is 3. The van der Waals surface area contributed by atoms with E-state index in [4.69, 9.17) is 4.84 Å². The van der Waals surface area contributed by atoms with Crippen LogP contribution >= 0.6 is 0 Å². The van der Waals surface area contributed by atoms with Gasteiger partial charge in [-0.15, -0.1) is 0 Å². The lowest BCUT2D eigenvalue weighted by Crippen LogP contribution is -2.48. The average molecular weight is 608 g/mol. The molecule has 3 aromatic carbocycles. The number of nitrogens with one attached hydrogen (secondary N) is 5. The van der Waals surface area contributed by atoms with Crippen molar-refractivity contribution < 1.29 is 19.2 Å². The third-order valence-electron chi connectivity index (χ3n) is 7.92. The molecule has 0 fully saturated rings. The number of hydrogen-bond acceptors (Lipinski definition) is 4. The van der Waals surface area contributed by atoms with Gasteiger partial charge in [0, 0.05) is 60.0 Å². The van der Waals surface area contributed by atoms with Crippen molar-refractivity contribution in [3.63, 3.8) is 0 Å². The number of carbonyl (C=O) groups excluding carboxylic acids is 3. The Bertz CT molecular complexity index is 1690. The van der Waals surface area contributed by atoms with E-state index in [9.17, 15) is 14.4 Å². The molecule has 234 valence electrons. The van der Waals surface area contributed by atoms with E-state index in [-0.39, 0.29) is 17.7 Å². The van der Waals surface area contributed by atoms with Gasteiger partial charge in [0.1, 0.15) is 6.04 Å². The minimum atomic E-state index is -0.697. The van der Waals surface area contributed by atoms with Crippen molar-refractivity contribution in [3.05, 3.63) is 108 Å². The summed E-state index contributed by atoms with van der Waals surface area (Å²) in [5.74, 6) is -0.520. The van der Waals surface area contributed by atoms with Crippen LogP contribution < -0.4 is 16.1 Å². The molecule has 45 heavy (non-hydrogen) atoms. The summed E-state index contributed by atoms with van der Waals surface area (Å²) in [6.45, 7) is 0.782. The highest BCUT2D eigenvalue weighted by Gasteiger charge is 2.22. The number of hydroxylamine groups is 1. The quantitative estimate of drug-likeness (QED) is 0.0694. The molecule has 3 amide bonds. The summed E-state index contributed by atoms with van der Waals surface area (Å²) in [7, 11) is 0. The second-order valence-corrected chi connectivity index (χ2v) is 11.3. The molecule has 9 heteroatoms. The molecule has 5 rings (SSSR count). The SMILES string of the molecule is O=C(CCCCCNC(=O)C(Cc1c[nH]c2ccccc12)NC(=O)CCCc1c[nH]c2ccccc12)NOCc1ccccc1. The summed E-state index contributed by atoms with van der Waals surface area (Å²) in [5, 5.41) is 8.20. The van der Waals surface area contributed by atoms with Gasteiger partial charge in [-0.25, -0.2) is 5.48 Å². The smallest absolute Gasteiger partial charge is 0.243 e. The highest BCUT2D eigenvalue weighted by atomic mass is 16.6. The molecule has 5 aromatic rings. The first-order valence-electron chi connectivity index (χ1n) is 15.7. The molecule has 2 aromatic heterocycles. The molecular weight excluding hydrogens is 566 g/mol. The van der Waals surface area contributed by atoms with Crippen LogP contribution in [0.4, 0.5) is 0 Å². The molecular formula is C36H41N5O4. The number of H-pyrrole nitrogens is 2. The highest BCUT2D eigenvalue weighted by molar-refractivity contribution is 5.89. The van der Waals surface area contributed by atoms with E-state index in [0.29, 0.717) is 45.3 Å². The number of amides is 3. The van der Waals surface area contributed by atoms with Crippen LogP contribution in [0.3, 0.4) is 0 Å². The van der Waals surface area contributed by atoms with Gasteiger partial charge in [0.15, 0.2) is 0 Å². The molecule has 0 aliphatic rings. The lowest BCUT2D eigenvalue weighted by atomic mass is 10.0. The number of rotatable bonds is 17. The van der Waals surface area contributed by atoms with Crippen LogP contribution in [0.5, 0.6) is 0 Å². The fraction of sp³-hybridized carbons (Fsp3) is 0.306. The summed E-state index contributed by atoms with van der Waals surface area (Å²) >= 11 is 0. The summed E-state index contributed by atoms with van der Waals surface area (Å²) < 4.78 is 0. The number of benzene rings is 3. The Morgan fingerprint density at radius 3 is 2.09 bits per heavy atom. The molecule has 5 N–H and O–H groups in total. The van der Waals surface area contributed by atoms with Gasteiger partial charge in [0.2, 0.25) is 17.7 Å². The second-order valence-electron chi connectivity index (χ2n) is 11.3. The zero-order valence-corrected chi connectivity index (χ0v) is 25.4. The van der Waals surface area contributed by atoms with Crippen LogP contribution in [0, 0.1) is 0 Å². The van der Waals surface area contributed by atoms with Gasteiger partial charge in [-0.3, -0.25) is 19.2 Å². The predicted octanol–water partition coefficient (Wildman–Crippen LogP) is 5.62. The monoisotopic (exact) mass is 607 g/mol. The first-order chi connectivity index (χ1) is 22.1. The second kappa shape index (κ2) is 16.3. The number of aromatic amines is 2. The summed E-state index contributed by atoms with van der Waals surface area (Å²) in [4.78, 5) is 50.2. The van der Waals surface area contributed by atoms with Crippen molar-refractivity contribution in [1.82, 2.24) is 26.1 Å². The zero-order chi connectivity index (χ0) is 31.3. The Morgan fingerprint density at radius 1 is 0.689 bits per heavy atom. The van der Waals surface area contributed by atoms with Crippen molar-refractivity contribution in [2.75, 3.05) is 6.54 Å². The average Bonchev–Trinajstić information content (AvgIpc) is 3.67. The number of aromatic nitrogens is 2. The third kappa shape index (κ3) is 9.30. The van der Waals surface area contributed by atoms with Gasteiger partial charge < -0.3 is 20.6 Å². The van der Waals surface area contributed by atoms with Crippen LogP contribution in [0.1, 0.15) is 55.2 Å². The fourth-order valence-corrected chi connectivity index (χ4v) is 5.52. The summed E-state index contributed by atoms with van der Waals surface area (Å²) in [6, 6.07) is 25.0. The zero-order valence-electron chi connectivity index (χ0n) is 25.4. The molecule has 2 heterocycles. The largest absolute Gasteiger partial charge is 0.361 e. The summed E-state index contributed by atoms with van der Waals surface area (Å²) in [5.41, 5.74) is 7.71. The van der Waals surface area contributed by atoms with Gasteiger partial charge in [0.05, 0.1) is 6.61 Å². The molecule has 0 radical (unpaired) electrons. The van der Waals surface area contributed by atoms with Crippen molar-refractivity contribution in [2.24, 2.45) is 0 Å². The topological polar surface area (TPSA) is 128 Å². The van der Waals surface area contributed by atoms with Crippen LogP contribution in [-0.2, 0) is 38.7 Å². The Morgan fingerprint density at radius 2 is 1.33 bits per heavy atom. The van der Waals surface area contributed by atoms with E-state index >= 15 is 0 Å². The number of para-hydroxylation sites is 2. The van der Waals surface area contributed by atoms with E-state index in [1.807, 2.05) is 85.2 Å². The molecule has 1 atom stereocenters. The Kier molecular flexibility index (Phi) is 11.4. The molecule has 0 saturated heterocycles. The minimum absolute atomic E-state index is 0.143. The standard InChI is InChI=1S/C36H41N5O4/c42-34(20-11-14-27-23-38-31-17-8-6-15-29(27)31)40-33(22-28-24-39-32-18-9-7-16-30(28)32)36(44)37-21-10-2-5-19-35(43)41-45-25-26-12-3-1-4-13-26/h1,3-4,6-9,12-13,15-18,23-24,33,38-39H,2,5,10-11,14,19-22,25H2,(H,37,44)(H,40,42)(H,41,43). The maximum absolute atomic E-state index is 13.3. The van der Waals surface area contributed by atoms with E-state index in [1.54, 1.807) is 0 Å². The van der Waals surface area contributed by atoms with E-state index < -0.39 is 6.04 Å². The molecule has 0 aliphatic heterocycles. The van der Waals surface area contributed by atoms with Crippen molar-refractivity contribution >= 4 is 39.5 Å². The normalized spacial score (nSPS) is 11.8. The number of aryl methyl sites for hydroxylation is 1. The lowest BCUT2D eigenvalue weighted by molar-refractivity contribution is -0.134. The lowest BCUT2D eigenvalue weighted by Gasteiger charge is -2.18. The Labute approximate surface area is 263 Å². The van der Waals surface area contributed by atoms with Gasteiger partial charge in [-0.05, 0) is 54.5 Å².